The average Bonchev–Trinajstić information content (AvgIpc) is 3.13. The highest BCUT2D eigenvalue weighted by Gasteiger charge is 2.15. The zero-order chi connectivity index (χ0) is 19.7. The highest BCUT2D eigenvalue weighted by Crippen LogP contribution is 2.30. The van der Waals surface area contributed by atoms with Gasteiger partial charge in [-0.25, -0.2) is 4.98 Å². The van der Waals surface area contributed by atoms with E-state index in [2.05, 4.69) is 10.3 Å². The summed E-state index contributed by atoms with van der Waals surface area (Å²) in [5.41, 5.74) is 2.95. The Morgan fingerprint density at radius 1 is 1.18 bits per heavy atom. The fourth-order valence-corrected chi connectivity index (χ4v) is 4.08. The van der Waals surface area contributed by atoms with Crippen LogP contribution in [0.1, 0.15) is 5.56 Å². The molecule has 0 fully saturated rings. The monoisotopic (exact) mass is 409 g/mol. The van der Waals surface area contributed by atoms with Gasteiger partial charge >= 0.3 is 0 Å². The number of benzene rings is 2. The molecule has 0 saturated heterocycles. The Hall–Kier alpha value is -2.96. The Morgan fingerprint density at radius 3 is 2.75 bits per heavy atom. The van der Waals surface area contributed by atoms with Crippen molar-refractivity contribution in [3.63, 3.8) is 0 Å². The second-order valence-electron chi connectivity index (χ2n) is 6.33. The molecule has 2 aromatic heterocycles. The summed E-state index contributed by atoms with van der Waals surface area (Å²) < 4.78 is 1.33. The first-order valence-corrected chi connectivity index (χ1v) is 9.87. The minimum atomic E-state index is -0.315. The molecule has 2 aromatic carbocycles. The second-order valence-corrected chi connectivity index (χ2v) is 7.60. The van der Waals surface area contributed by atoms with E-state index in [0.29, 0.717) is 20.9 Å². The number of hydrogen-bond acceptors (Lipinski definition) is 4. The van der Waals surface area contributed by atoms with Gasteiger partial charge in [-0.15, -0.1) is 11.3 Å². The first-order chi connectivity index (χ1) is 13.5. The molecule has 0 aliphatic heterocycles. The zero-order valence-corrected chi connectivity index (χ0v) is 16.6. The maximum absolute atomic E-state index is 13.0. The van der Waals surface area contributed by atoms with Crippen molar-refractivity contribution in [1.82, 2.24) is 9.55 Å². The van der Waals surface area contributed by atoms with E-state index >= 15 is 0 Å². The fraction of sp³-hybridized carbons (Fsp3) is 0.0952. The predicted octanol–water partition coefficient (Wildman–Crippen LogP) is 4.73. The van der Waals surface area contributed by atoms with Gasteiger partial charge in [0.25, 0.3) is 5.56 Å². The molecule has 2 heterocycles. The van der Waals surface area contributed by atoms with Crippen molar-refractivity contribution in [2.45, 2.75) is 13.5 Å². The highest BCUT2D eigenvalue weighted by atomic mass is 35.5. The first kappa shape index (κ1) is 18.4. The molecular weight excluding hydrogens is 394 g/mol. The van der Waals surface area contributed by atoms with Crippen molar-refractivity contribution in [3.05, 3.63) is 81.2 Å². The van der Waals surface area contributed by atoms with Gasteiger partial charge in [0.15, 0.2) is 0 Å². The molecule has 0 saturated carbocycles. The highest BCUT2D eigenvalue weighted by molar-refractivity contribution is 7.17. The standard InChI is InChI=1S/C21H16ClN3O2S/c1-13-16(22)8-5-9-17(13)24-18(26)10-25-12-23-20-19(21(25)27)15(11-28-20)14-6-3-2-4-7-14/h2-9,11-12H,10H2,1H3,(H,24,26). The van der Waals surface area contributed by atoms with E-state index in [1.165, 1.54) is 22.2 Å². The van der Waals surface area contributed by atoms with E-state index < -0.39 is 0 Å². The fourth-order valence-electron chi connectivity index (χ4n) is 3.00. The molecule has 4 rings (SSSR count). The zero-order valence-electron chi connectivity index (χ0n) is 15.0. The molecule has 0 unspecified atom stereocenters. The van der Waals surface area contributed by atoms with E-state index in [1.807, 2.05) is 42.6 Å². The molecular formula is C21H16ClN3O2S. The minimum Gasteiger partial charge on any atom is -0.324 e. The number of nitrogens with one attached hydrogen (secondary N) is 1. The maximum atomic E-state index is 13.0. The lowest BCUT2D eigenvalue weighted by Gasteiger charge is -2.10. The van der Waals surface area contributed by atoms with Crippen LogP contribution in [0.3, 0.4) is 0 Å². The summed E-state index contributed by atoms with van der Waals surface area (Å²) in [6, 6.07) is 15.0. The summed E-state index contributed by atoms with van der Waals surface area (Å²) in [7, 11) is 0. The summed E-state index contributed by atoms with van der Waals surface area (Å²) in [5.74, 6) is -0.315. The Morgan fingerprint density at radius 2 is 1.96 bits per heavy atom. The summed E-state index contributed by atoms with van der Waals surface area (Å²) in [5, 5.41) is 5.84. The van der Waals surface area contributed by atoms with Crippen LogP contribution in [0.4, 0.5) is 5.69 Å². The number of carbonyl (C=O) groups is 1. The number of anilines is 1. The van der Waals surface area contributed by atoms with Gasteiger partial charge in [0.2, 0.25) is 5.91 Å². The van der Waals surface area contributed by atoms with Crippen molar-refractivity contribution in [3.8, 4) is 11.1 Å². The van der Waals surface area contributed by atoms with Gasteiger partial charge < -0.3 is 5.32 Å². The molecule has 5 nitrogen and oxygen atoms in total. The van der Waals surface area contributed by atoms with E-state index in [1.54, 1.807) is 18.2 Å². The van der Waals surface area contributed by atoms with Crippen molar-refractivity contribution in [1.29, 1.82) is 0 Å². The van der Waals surface area contributed by atoms with Crippen LogP contribution in [0.5, 0.6) is 0 Å². The summed E-state index contributed by atoms with van der Waals surface area (Å²) in [6.07, 6.45) is 1.42. The molecule has 1 N–H and O–H groups in total. The van der Waals surface area contributed by atoms with Gasteiger partial charge in [-0.2, -0.15) is 0 Å². The number of halogens is 1. The molecule has 0 atom stereocenters. The van der Waals surface area contributed by atoms with Gasteiger partial charge in [-0.1, -0.05) is 48.0 Å². The Bertz CT molecular complexity index is 1230. The van der Waals surface area contributed by atoms with E-state index in [4.69, 9.17) is 11.6 Å². The van der Waals surface area contributed by atoms with Gasteiger partial charge in [0.05, 0.1) is 11.7 Å². The Labute approximate surface area is 170 Å². The van der Waals surface area contributed by atoms with Crippen molar-refractivity contribution < 1.29 is 4.79 Å². The van der Waals surface area contributed by atoms with E-state index in [-0.39, 0.29) is 18.0 Å². The molecule has 140 valence electrons. The van der Waals surface area contributed by atoms with Crippen LogP contribution < -0.4 is 10.9 Å². The van der Waals surface area contributed by atoms with E-state index in [0.717, 1.165) is 16.7 Å². The minimum absolute atomic E-state index is 0.127. The molecule has 4 aromatic rings. The molecule has 0 aliphatic carbocycles. The van der Waals surface area contributed by atoms with Crippen molar-refractivity contribution in [2.24, 2.45) is 0 Å². The van der Waals surface area contributed by atoms with Crippen LogP contribution in [0, 0.1) is 6.92 Å². The van der Waals surface area contributed by atoms with Crippen LogP contribution in [0.2, 0.25) is 5.02 Å². The predicted molar refractivity (Wildman–Crippen MR) is 114 cm³/mol. The Balaban J connectivity index is 1.66. The third-order valence-corrected chi connectivity index (χ3v) is 5.80. The number of hydrogen-bond donors (Lipinski definition) is 1. The molecule has 0 aliphatic rings. The molecule has 1 amide bonds. The quantitative estimate of drug-likeness (QED) is 0.530. The summed E-state index contributed by atoms with van der Waals surface area (Å²) in [4.78, 5) is 30.5. The number of carbonyl (C=O) groups excluding carboxylic acids is 1. The number of thiophene rings is 1. The first-order valence-electron chi connectivity index (χ1n) is 8.61. The molecule has 0 radical (unpaired) electrons. The number of fused-ring (bicyclic) bond motifs is 1. The lowest BCUT2D eigenvalue weighted by atomic mass is 10.1. The number of nitrogens with zero attached hydrogens (tertiary/aromatic N) is 2. The molecule has 7 heteroatoms. The number of rotatable bonds is 4. The van der Waals surface area contributed by atoms with Gasteiger partial charge in [0, 0.05) is 21.7 Å². The van der Waals surface area contributed by atoms with Crippen LogP contribution in [0.25, 0.3) is 21.3 Å². The lowest BCUT2D eigenvalue weighted by Crippen LogP contribution is -2.28. The SMILES string of the molecule is Cc1c(Cl)cccc1NC(=O)Cn1cnc2scc(-c3ccccc3)c2c1=O. The molecule has 0 spiro atoms. The second kappa shape index (κ2) is 7.58. The van der Waals surface area contributed by atoms with Crippen LogP contribution >= 0.6 is 22.9 Å². The van der Waals surface area contributed by atoms with Crippen LogP contribution in [0.15, 0.2) is 65.0 Å². The van der Waals surface area contributed by atoms with Gasteiger partial charge in [0.1, 0.15) is 11.4 Å². The number of aromatic nitrogens is 2. The topological polar surface area (TPSA) is 64.0 Å². The van der Waals surface area contributed by atoms with Gasteiger partial charge in [-0.05, 0) is 30.2 Å². The van der Waals surface area contributed by atoms with Crippen molar-refractivity contribution >= 4 is 44.7 Å². The summed E-state index contributed by atoms with van der Waals surface area (Å²) >= 11 is 7.51. The molecule has 28 heavy (non-hydrogen) atoms. The van der Waals surface area contributed by atoms with Crippen LogP contribution in [-0.2, 0) is 11.3 Å². The van der Waals surface area contributed by atoms with Crippen molar-refractivity contribution in [2.75, 3.05) is 5.32 Å². The lowest BCUT2D eigenvalue weighted by molar-refractivity contribution is -0.116. The Kier molecular flexibility index (Phi) is 4.98. The van der Waals surface area contributed by atoms with Gasteiger partial charge in [-0.3, -0.25) is 14.2 Å². The maximum Gasteiger partial charge on any atom is 0.263 e. The largest absolute Gasteiger partial charge is 0.324 e. The molecule has 0 bridgehead atoms. The van der Waals surface area contributed by atoms with E-state index in [9.17, 15) is 9.59 Å². The van der Waals surface area contributed by atoms with Crippen LogP contribution in [-0.4, -0.2) is 15.5 Å². The number of amides is 1. The normalized spacial score (nSPS) is 10.9. The average molecular weight is 410 g/mol. The smallest absolute Gasteiger partial charge is 0.263 e. The summed E-state index contributed by atoms with van der Waals surface area (Å²) in [6.45, 7) is 1.70. The third-order valence-electron chi connectivity index (χ3n) is 4.50. The third kappa shape index (κ3) is 3.44.